The minimum absolute atomic E-state index is 0.243. The number of thiazole rings is 1. The summed E-state index contributed by atoms with van der Waals surface area (Å²) in [7, 11) is 0. The number of halogens is 4. The summed E-state index contributed by atoms with van der Waals surface area (Å²) in [5.41, 5.74) is 1.80. The van der Waals surface area contributed by atoms with Gasteiger partial charge in [-0.25, -0.2) is 9.78 Å². The number of aryl methyl sites for hydroxylation is 1. The summed E-state index contributed by atoms with van der Waals surface area (Å²) in [6.45, 7) is 1.81. The van der Waals surface area contributed by atoms with Crippen LogP contribution in [0.5, 0.6) is 5.75 Å². The van der Waals surface area contributed by atoms with Crippen molar-refractivity contribution in [3.8, 4) is 5.75 Å². The van der Waals surface area contributed by atoms with Crippen molar-refractivity contribution in [2.24, 2.45) is 0 Å². The lowest BCUT2D eigenvalue weighted by Gasteiger charge is -2.07. The number of alkyl halides is 3. The van der Waals surface area contributed by atoms with Gasteiger partial charge in [0.25, 0.3) is 0 Å². The van der Waals surface area contributed by atoms with Crippen molar-refractivity contribution in [3.05, 3.63) is 47.0 Å². The van der Waals surface area contributed by atoms with Crippen LogP contribution in [0.15, 0.2) is 36.4 Å². The van der Waals surface area contributed by atoms with E-state index < -0.39 is 12.4 Å². The molecule has 3 aromatic rings. The summed E-state index contributed by atoms with van der Waals surface area (Å²) < 4.78 is 41.1. The first kappa shape index (κ1) is 18.3. The molecule has 0 bridgehead atoms. The van der Waals surface area contributed by atoms with Gasteiger partial charge in [0, 0.05) is 16.8 Å². The molecule has 2 aromatic carbocycles. The van der Waals surface area contributed by atoms with Crippen molar-refractivity contribution < 1.29 is 22.7 Å². The third kappa shape index (κ3) is 4.55. The predicted octanol–water partition coefficient (Wildman–Crippen LogP) is 5.80. The molecule has 0 spiro atoms. The molecule has 1 aromatic heterocycles. The minimum atomic E-state index is -4.77. The lowest BCUT2D eigenvalue weighted by atomic mass is 10.2. The average Bonchev–Trinajstić information content (AvgIpc) is 2.90. The Balaban J connectivity index is 1.71. The van der Waals surface area contributed by atoms with Gasteiger partial charge in [0.2, 0.25) is 0 Å². The lowest BCUT2D eigenvalue weighted by molar-refractivity contribution is -0.274. The standard InChI is InChI=1S/C16H11ClF3N3O2S/c1-8-6-9(2-4-11(8)17)21-14(24)23-15-22-12-5-3-10(7-13(12)26-15)25-16(18,19)20/h2-7H,1H3,(H2,21,22,23,24). The van der Waals surface area contributed by atoms with E-state index in [2.05, 4.69) is 20.4 Å². The summed E-state index contributed by atoms with van der Waals surface area (Å²) in [5, 5.41) is 6.00. The molecule has 0 aliphatic rings. The highest BCUT2D eigenvalue weighted by Gasteiger charge is 2.31. The maximum atomic E-state index is 12.3. The Morgan fingerprint density at radius 2 is 1.96 bits per heavy atom. The van der Waals surface area contributed by atoms with Crippen LogP contribution >= 0.6 is 22.9 Å². The number of carbonyl (C=O) groups is 1. The van der Waals surface area contributed by atoms with Gasteiger partial charge >= 0.3 is 12.4 Å². The van der Waals surface area contributed by atoms with Crippen molar-refractivity contribution in [1.29, 1.82) is 0 Å². The number of benzene rings is 2. The van der Waals surface area contributed by atoms with Crippen LogP contribution in [0.1, 0.15) is 5.56 Å². The van der Waals surface area contributed by atoms with Crippen LogP contribution in [-0.4, -0.2) is 17.4 Å². The number of amides is 2. The van der Waals surface area contributed by atoms with Crippen molar-refractivity contribution in [1.82, 2.24) is 4.98 Å². The zero-order valence-corrected chi connectivity index (χ0v) is 14.7. The van der Waals surface area contributed by atoms with Crippen LogP contribution in [0.4, 0.5) is 28.8 Å². The molecule has 0 fully saturated rings. The van der Waals surface area contributed by atoms with E-state index in [4.69, 9.17) is 11.6 Å². The monoisotopic (exact) mass is 401 g/mol. The maximum Gasteiger partial charge on any atom is 0.573 e. The Labute approximate surface area is 154 Å². The minimum Gasteiger partial charge on any atom is -0.406 e. The number of carbonyl (C=O) groups excluding carboxylic acids is 1. The fourth-order valence-electron chi connectivity index (χ4n) is 2.14. The molecule has 0 aliphatic heterocycles. The van der Waals surface area contributed by atoms with E-state index in [1.165, 1.54) is 12.1 Å². The van der Waals surface area contributed by atoms with Gasteiger partial charge in [0.1, 0.15) is 5.75 Å². The summed E-state index contributed by atoms with van der Waals surface area (Å²) in [6, 6.07) is 8.25. The highest BCUT2D eigenvalue weighted by Crippen LogP contribution is 2.31. The van der Waals surface area contributed by atoms with Crippen LogP contribution in [0.2, 0.25) is 5.02 Å². The van der Waals surface area contributed by atoms with Gasteiger partial charge in [-0.1, -0.05) is 22.9 Å². The number of anilines is 2. The second-order valence-corrected chi connectivity index (χ2v) is 6.68. The molecule has 10 heteroatoms. The molecule has 0 aliphatic carbocycles. The Hall–Kier alpha value is -2.52. The lowest BCUT2D eigenvalue weighted by Crippen LogP contribution is -2.19. The second kappa shape index (κ2) is 7.00. The highest BCUT2D eigenvalue weighted by molar-refractivity contribution is 7.22. The molecule has 0 atom stereocenters. The average molecular weight is 402 g/mol. The molecule has 0 radical (unpaired) electrons. The molecule has 2 amide bonds. The van der Waals surface area contributed by atoms with Crippen LogP contribution in [0, 0.1) is 6.92 Å². The highest BCUT2D eigenvalue weighted by atomic mass is 35.5. The quantitative estimate of drug-likeness (QED) is 0.583. The van der Waals surface area contributed by atoms with E-state index in [1.54, 1.807) is 25.1 Å². The van der Waals surface area contributed by atoms with E-state index in [9.17, 15) is 18.0 Å². The number of nitrogens with one attached hydrogen (secondary N) is 2. The number of fused-ring (bicyclic) bond motifs is 1. The van der Waals surface area contributed by atoms with Gasteiger partial charge in [-0.2, -0.15) is 0 Å². The van der Waals surface area contributed by atoms with Gasteiger partial charge in [-0.05, 0) is 42.8 Å². The molecule has 0 unspecified atom stereocenters. The molecule has 0 saturated carbocycles. The number of ether oxygens (including phenoxy) is 1. The first-order valence-corrected chi connectivity index (χ1v) is 8.39. The number of urea groups is 1. The SMILES string of the molecule is Cc1cc(NC(=O)Nc2nc3ccc(OC(F)(F)F)cc3s2)ccc1Cl. The van der Waals surface area contributed by atoms with E-state index in [0.29, 0.717) is 20.9 Å². The van der Waals surface area contributed by atoms with Gasteiger partial charge in [0.15, 0.2) is 5.13 Å². The number of aromatic nitrogens is 1. The molecule has 26 heavy (non-hydrogen) atoms. The van der Waals surface area contributed by atoms with Crippen LogP contribution < -0.4 is 15.4 Å². The normalized spacial score (nSPS) is 11.4. The van der Waals surface area contributed by atoms with E-state index >= 15 is 0 Å². The molecule has 136 valence electrons. The van der Waals surface area contributed by atoms with E-state index in [1.807, 2.05) is 0 Å². The third-order valence-corrected chi connectivity index (χ3v) is 4.59. The molecular formula is C16H11ClF3N3O2S. The fourth-order valence-corrected chi connectivity index (χ4v) is 3.14. The van der Waals surface area contributed by atoms with Crippen LogP contribution in [0.25, 0.3) is 10.2 Å². The molecule has 2 N–H and O–H groups in total. The van der Waals surface area contributed by atoms with Gasteiger partial charge in [-0.3, -0.25) is 5.32 Å². The topological polar surface area (TPSA) is 63.2 Å². The Morgan fingerprint density at radius 3 is 2.65 bits per heavy atom. The number of rotatable bonds is 3. The van der Waals surface area contributed by atoms with Gasteiger partial charge in [-0.15, -0.1) is 13.2 Å². The van der Waals surface area contributed by atoms with Crippen molar-refractivity contribution in [2.45, 2.75) is 13.3 Å². The summed E-state index contributed by atoms with van der Waals surface area (Å²) in [4.78, 5) is 16.2. The van der Waals surface area contributed by atoms with Crippen LogP contribution in [-0.2, 0) is 0 Å². The van der Waals surface area contributed by atoms with Crippen LogP contribution in [0.3, 0.4) is 0 Å². The molecule has 1 heterocycles. The Morgan fingerprint density at radius 1 is 1.19 bits per heavy atom. The first-order valence-electron chi connectivity index (χ1n) is 7.20. The predicted molar refractivity (Wildman–Crippen MR) is 95.1 cm³/mol. The summed E-state index contributed by atoms with van der Waals surface area (Å²) in [6.07, 6.45) is -4.77. The Bertz CT molecular complexity index is 975. The third-order valence-electron chi connectivity index (χ3n) is 3.23. The molecule has 0 saturated heterocycles. The smallest absolute Gasteiger partial charge is 0.406 e. The zero-order valence-electron chi connectivity index (χ0n) is 13.1. The second-order valence-electron chi connectivity index (χ2n) is 5.24. The molecule has 3 rings (SSSR count). The van der Waals surface area contributed by atoms with E-state index in [-0.39, 0.29) is 10.9 Å². The first-order chi connectivity index (χ1) is 12.2. The zero-order chi connectivity index (χ0) is 18.9. The molecule has 5 nitrogen and oxygen atoms in total. The van der Waals surface area contributed by atoms with Gasteiger partial charge < -0.3 is 10.1 Å². The number of nitrogens with zero attached hydrogens (tertiary/aromatic N) is 1. The maximum absolute atomic E-state index is 12.3. The van der Waals surface area contributed by atoms with Crippen molar-refractivity contribution >= 4 is 50.0 Å². The van der Waals surface area contributed by atoms with E-state index in [0.717, 1.165) is 23.0 Å². The summed E-state index contributed by atoms with van der Waals surface area (Å²) in [5.74, 6) is -0.346. The largest absolute Gasteiger partial charge is 0.573 e. The molecular weight excluding hydrogens is 391 g/mol. The van der Waals surface area contributed by atoms with Crippen molar-refractivity contribution in [3.63, 3.8) is 0 Å². The van der Waals surface area contributed by atoms with Gasteiger partial charge in [0.05, 0.1) is 10.2 Å². The number of hydrogen-bond acceptors (Lipinski definition) is 4. The number of hydrogen-bond donors (Lipinski definition) is 2. The Kier molecular flexibility index (Phi) is 4.92. The summed E-state index contributed by atoms with van der Waals surface area (Å²) >= 11 is 6.96. The fraction of sp³-hybridized carbons (Fsp3) is 0.125. The van der Waals surface area contributed by atoms with Crippen molar-refractivity contribution in [2.75, 3.05) is 10.6 Å².